The Kier molecular flexibility index (Phi) is 6.34. The number of carbonyl (C=O) groups is 1. The van der Waals surface area contributed by atoms with Gasteiger partial charge < -0.3 is 4.74 Å². The van der Waals surface area contributed by atoms with Gasteiger partial charge in [-0.3, -0.25) is 4.79 Å². The summed E-state index contributed by atoms with van der Waals surface area (Å²) in [5.74, 6) is 0.262. The third-order valence-corrected chi connectivity index (χ3v) is 4.76. The second-order valence-corrected chi connectivity index (χ2v) is 7.17. The summed E-state index contributed by atoms with van der Waals surface area (Å²) >= 11 is 5.95. The highest BCUT2D eigenvalue weighted by atomic mass is 35.5. The number of halogens is 1. The van der Waals surface area contributed by atoms with Gasteiger partial charge in [-0.15, -0.1) is 0 Å². The van der Waals surface area contributed by atoms with Crippen LogP contribution in [0.5, 0.6) is 5.75 Å². The van der Waals surface area contributed by atoms with Crippen molar-refractivity contribution in [1.82, 2.24) is 15.2 Å². The molecule has 0 spiro atoms. The molecule has 150 valence electrons. The third kappa shape index (κ3) is 4.84. The predicted octanol–water partition coefficient (Wildman–Crippen LogP) is 4.37. The number of para-hydroxylation sites is 1. The van der Waals surface area contributed by atoms with E-state index in [1.165, 1.54) is 0 Å². The standard InChI is InChI=1S/C22H23ClN4O2/c1-14-12-18(23)10-11-21(14)29-17(4)22(28)25-24-13-20-15(2)26-27(16(20)3)19-8-6-5-7-9-19/h5-13,17H,1-4H3,(H,25,28)/b24-13+. The highest BCUT2D eigenvalue weighted by molar-refractivity contribution is 6.30. The van der Waals surface area contributed by atoms with Crippen molar-refractivity contribution in [1.29, 1.82) is 0 Å². The van der Waals surface area contributed by atoms with E-state index in [1.807, 2.05) is 55.8 Å². The van der Waals surface area contributed by atoms with Gasteiger partial charge in [0.2, 0.25) is 0 Å². The number of benzene rings is 2. The van der Waals surface area contributed by atoms with E-state index >= 15 is 0 Å². The van der Waals surface area contributed by atoms with E-state index in [1.54, 1.807) is 31.3 Å². The summed E-state index contributed by atoms with van der Waals surface area (Å²) in [4.78, 5) is 12.3. The number of aromatic nitrogens is 2. The Morgan fingerprint density at radius 3 is 2.62 bits per heavy atom. The van der Waals surface area contributed by atoms with Crippen LogP contribution < -0.4 is 10.2 Å². The molecule has 1 heterocycles. The molecule has 1 unspecified atom stereocenters. The fourth-order valence-electron chi connectivity index (χ4n) is 2.90. The molecule has 0 radical (unpaired) electrons. The minimum absolute atomic E-state index is 0.346. The lowest BCUT2D eigenvalue weighted by Gasteiger charge is -2.14. The zero-order valence-corrected chi connectivity index (χ0v) is 17.6. The van der Waals surface area contributed by atoms with E-state index in [-0.39, 0.29) is 5.91 Å². The molecule has 0 aliphatic carbocycles. The first-order chi connectivity index (χ1) is 13.9. The smallest absolute Gasteiger partial charge is 0.280 e. The summed E-state index contributed by atoms with van der Waals surface area (Å²) in [6.07, 6.45) is 0.899. The molecule has 0 aliphatic heterocycles. The molecule has 0 fully saturated rings. The predicted molar refractivity (Wildman–Crippen MR) is 115 cm³/mol. The van der Waals surface area contributed by atoms with Crippen molar-refractivity contribution < 1.29 is 9.53 Å². The first-order valence-electron chi connectivity index (χ1n) is 9.24. The van der Waals surface area contributed by atoms with Gasteiger partial charge in [0.15, 0.2) is 6.10 Å². The molecule has 0 aliphatic rings. The Labute approximate surface area is 175 Å². The first kappa shape index (κ1) is 20.6. The van der Waals surface area contributed by atoms with Gasteiger partial charge in [-0.25, -0.2) is 10.1 Å². The number of rotatable bonds is 6. The van der Waals surface area contributed by atoms with Crippen LogP contribution in [0.1, 0.15) is 29.4 Å². The molecule has 3 rings (SSSR count). The zero-order chi connectivity index (χ0) is 21.0. The van der Waals surface area contributed by atoms with Crippen LogP contribution in [-0.2, 0) is 4.79 Å². The minimum atomic E-state index is -0.707. The number of nitrogens with one attached hydrogen (secondary N) is 1. The maximum absolute atomic E-state index is 12.3. The Bertz CT molecular complexity index is 1040. The first-order valence-corrected chi connectivity index (χ1v) is 9.62. The molecule has 0 bridgehead atoms. The van der Waals surface area contributed by atoms with E-state index in [9.17, 15) is 4.79 Å². The lowest BCUT2D eigenvalue weighted by Crippen LogP contribution is -2.33. The van der Waals surface area contributed by atoms with Gasteiger partial charge in [0.05, 0.1) is 23.3 Å². The number of amides is 1. The van der Waals surface area contributed by atoms with Crippen LogP contribution >= 0.6 is 11.6 Å². The Balaban J connectivity index is 1.66. The number of hydrogen-bond donors (Lipinski definition) is 1. The fraction of sp³-hybridized carbons (Fsp3) is 0.227. The van der Waals surface area contributed by atoms with Gasteiger partial charge in [0, 0.05) is 10.6 Å². The molecule has 6 nitrogen and oxygen atoms in total. The lowest BCUT2D eigenvalue weighted by atomic mass is 10.2. The van der Waals surface area contributed by atoms with Crippen molar-refractivity contribution in [3.05, 3.63) is 76.1 Å². The van der Waals surface area contributed by atoms with Crippen molar-refractivity contribution in [2.75, 3.05) is 0 Å². The normalized spacial score (nSPS) is 12.2. The number of aryl methyl sites for hydroxylation is 2. The summed E-state index contributed by atoms with van der Waals surface area (Å²) in [5.41, 5.74) is 6.98. The van der Waals surface area contributed by atoms with Gasteiger partial charge in [-0.05, 0) is 63.6 Å². The summed E-state index contributed by atoms with van der Waals surface area (Å²) in [7, 11) is 0. The molecular weight excluding hydrogens is 388 g/mol. The van der Waals surface area contributed by atoms with Crippen molar-refractivity contribution >= 4 is 23.7 Å². The zero-order valence-electron chi connectivity index (χ0n) is 16.8. The van der Waals surface area contributed by atoms with E-state index in [4.69, 9.17) is 16.3 Å². The molecule has 1 atom stereocenters. The molecule has 3 aromatic rings. The quantitative estimate of drug-likeness (QED) is 0.484. The van der Waals surface area contributed by atoms with E-state index in [0.717, 1.165) is 28.2 Å². The van der Waals surface area contributed by atoms with Gasteiger partial charge >= 0.3 is 0 Å². The summed E-state index contributed by atoms with van der Waals surface area (Å²) in [6, 6.07) is 15.1. The van der Waals surface area contributed by atoms with Crippen LogP contribution in [0.15, 0.2) is 53.6 Å². The fourth-order valence-corrected chi connectivity index (χ4v) is 3.13. The van der Waals surface area contributed by atoms with Crippen LogP contribution in [0.4, 0.5) is 0 Å². The van der Waals surface area contributed by atoms with Crippen LogP contribution in [0.25, 0.3) is 5.69 Å². The maximum Gasteiger partial charge on any atom is 0.280 e. The van der Waals surface area contributed by atoms with Crippen LogP contribution in [0.2, 0.25) is 5.02 Å². The molecule has 1 aromatic heterocycles. The van der Waals surface area contributed by atoms with E-state index < -0.39 is 6.10 Å². The molecule has 1 amide bonds. The van der Waals surface area contributed by atoms with E-state index in [0.29, 0.717) is 10.8 Å². The second-order valence-electron chi connectivity index (χ2n) is 6.74. The van der Waals surface area contributed by atoms with Gasteiger partial charge in [-0.2, -0.15) is 10.2 Å². The molecule has 0 saturated heterocycles. The average Bonchev–Trinajstić information content (AvgIpc) is 2.98. The number of hydrogen-bond acceptors (Lipinski definition) is 4. The highest BCUT2D eigenvalue weighted by Gasteiger charge is 2.16. The highest BCUT2D eigenvalue weighted by Crippen LogP contribution is 2.23. The Hall–Kier alpha value is -3.12. The average molecular weight is 411 g/mol. The number of carbonyl (C=O) groups excluding carboxylic acids is 1. The molecule has 0 saturated carbocycles. The maximum atomic E-state index is 12.3. The van der Waals surface area contributed by atoms with Gasteiger partial charge in [0.25, 0.3) is 5.91 Å². The van der Waals surface area contributed by atoms with Gasteiger partial charge in [0.1, 0.15) is 5.75 Å². The molecular formula is C22H23ClN4O2. The lowest BCUT2D eigenvalue weighted by molar-refractivity contribution is -0.127. The molecule has 2 aromatic carbocycles. The van der Waals surface area contributed by atoms with Crippen LogP contribution in [0, 0.1) is 20.8 Å². The Morgan fingerprint density at radius 2 is 1.93 bits per heavy atom. The van der Waals surface area contributed by atoms with Gasteiger partial charge in [-0.1, -0.05) is 29.8 Å². The Morgan fingerprint density at radius 1 is 1.21 bits per heavy atom. The number of nitrogens with zero attached hydrogens (tertiary/aromatic N) is 3. The second kappa shape index (κ2) is 8.92. The monoisotopic (exact) mass is 410 g/mol. The largest absolute Gasteiger partial charge is 0.481 e. The topological polar surface area (TPSA) is 68.5 Å². The van der Waals surface area contributed by atoms with Crippen molar-refractivity contribution in [3.63, 3.8) is 0 Å². The summed E-state index contributed by atoms with van der Waals surface area (Å²) in [6.45, 7) is 7.42. The minimum Gasteiger partial charge on any atom is -0.481 e. The SMILES string of the molecule is Cc1cc(Cl)ccc1OC(C)C(=O)N/N=C/c1c(C)nn(-c2ccccc2)c1C. The molecule has 29 heavy (non-hydrogen) atoms. The van der Waals surface area contributed by atoms with Crippen molar-refractivity contribution in [2.24, 2.45) is 5.10 Å². The molecule has 1 N–H and O–H groups in total. The molecule has 7 heteroatoms. The van der Waals surface area contributed by atoms with Crippen molar-refractivity contribution in [2.45, 2.75) is 33.8 Å². The third-order valence-electron chi connectivity index (χ3n) is 4.53. The summed E-state index contributed by atoms with van der Waals surface area (Å²) < 4.78 is 7.57. The van der Waals surface area contributed by atoms with Crippen molar-refractivity contribution in [3.8, 4) is 11.4 Å². The van der Waals surface area contributed by atoms with Crippen LogP contribution in [0.3, 0.4) is 0 Å². The number of hydrazone groups is 1. The van der Waals surface area contributed by atoms with Crippen LogP contribution in [-0.4, -0.2) is 28.0 Å². The number of ether oxygens (including phenoxy) is 1. The summed E-state index contributed by atoms with van der Waals surface area (Å²) in [5, 5.41) is 9.28. The van der Waals surface area contributed by atoms with E-state index in [2.05, 4.69) is 15.6 Å².